The monoisotopic (exact) mass is 207 g/mol. The molecule has 15 heavy (non-hydrogen) atoms. The third kappa shape index (κ3) is 2.57. The van der Waals surface area contributed by atoms with Gasteiger partial charge in [0, 0.05) is 0 Å². The third-order valence-electron chi connectivity index (χ3n) is 2.49. The van der Waals surface area contributed by atoms with Gasteiger partial charge in [0.1, 0.15) is 6.04 Å². The molecule has 0 radical (unpaired) electrons. The molecule has 0 saturated heterocycles. The zero-order chi connectivity index (χ0) is 11.4. The molecule has 1 unspecified atom stereocenters. The Labute approximate surface area is 90.1 Å². The van der Waals surface area contributed by atoms with E-state index in [0.717, 1.165) is 16.7 Å². The molecule has 0 aliphatic heterocycles. The Hall–Kier alpha value is -1.35. The molecule has 1 atom stereocenters. The molecule has 0 saturated carbocycles. The second kappa shape index (κ2) is 4.94. The standard InChI is InChI=1S/C12H17NO2/c1-4-13-11(12(14)15)10-8(2)6-5-7-9(10)3/h5-7,11,13H,4H2,1-3H3,(H,14,15). The second-order valence-electron chi connectivity index (χ2n) is 3.63. The van der Waals surface area contributed by atoms with Crippen LogP contribution in [0.25, 0.3) is 0 Å². The molecule has 2 N–H and O–H groups in total. The number of benzene rings is 1. The summed E-state index contributed by atoms with van der Waals surface area (Å²) >= 11 is 0. The Morgan fingerprint density at radius 3 is 2.33 bits per heavy atom. The number of likely N-dealkylation sites (N-methyl/N-ethyl adjacent to an activating group) is 1. The Kier molecular flexibility index (Phi) is 3.86. The smallest absolute Gasteiger partial charge is 0.325 e. The number of carbonyl (C=O) groups is 1. The van der Waals surface area contributed by atoms with Gasteiger partial charge in [0.05, 0.1) is 0 Å². The van der Waals surface area contributed by atoms with Crippen LogP contribution in [0.1, 0.15) is 29.7 Å². The molecule has 0 aliphatic carbocycles. The number of rotatable bonds is 4. The van der Waals surface area contributed by atoms with Gasteiger partial charge in [-0.2, -0.15) is 0 Å². The normalized spacial score (nSPS) is 12.5. The van der Waals surface area contributed by atoms with Crippen molar-refractivity contribution in [2.45, 2.75) is 26.8 Å². The summed E-state index contributed by atoms with van der Waals surface area (Å²) < 4.78 is 0. The fourth-order valence-corrected chi connectivity index (χ4v) is 1.80. The summed E-state index contributed by atoms with van der Waals surface area (Å²) in [7, 11) is 0. The summed E-state index contributed by atoms with van der Waals surface area (Å²) in [5.41, 5.74) is 2.92. The van der Waals surface area contributed by atoms with Crippen LogP contribution in [0.2, 0.25) is 0 Å². The summed E-state index contributed by atoms with van der Waals surface area (Å²) in [6.45, 7) is 6.43. The van der Waals surface area contributed by atoms with Gasteiger partial charge in [0.2, 0.25) is 0 Å². The van der Waals surface area contributed by atoms with Crippen molar-refractivity contribution in [1.82, 2.24) is 5.32 Å². The molecular weight excluding hydrogens is 190 g/mol. The molecule has 0 amide bonds. The lowest BCUT2D eigenvalue weighted by Crippen LogP contribution is -2.29. The summed E-state index contributed by atoms with van der Waals surface area (Å²) in [6, 6.07) is 5.22. The van der Waals surface area contributed by atoms with Gasteiger partial charge in [-0.25, -0.2) is 0 Å². The van der Waals surface area contributed by atoms with Gasteiger partial charge in [0.25, 0.3) is 0 Å². The first kappa shape index (κ1) is 11.7. The Morgan fingerprint density at radius 2 is 1.93 bits per heavy atom. The van der Waals surface area contributed by atoms with E-state index < -0.39 is 12.0 Å². The molecule has 1 rings (SSSR count). The van der Waals surface area contributed by atoms with Crippen LogP contribution in [0.5, 0.6) is 0 Å². The highest BCUT2D eigenvalue weighted by Crippen LogP contribution is 2.21. The molecule has 1 aromatic carbocycles. The summed E-state index contributed by atoms with van der Waals surface area (Å²) in [5.74, 6) is -0.825. The predicted molar refractivity (Wildman–Crippen MR) is 60.0 cm³/mol. The summed E-state index contributed by atoms with van der Waals surface area (Å²) in [4.78, 5) is 11.1. The number of hydrogen-bond acceptors (Lipinski definition) is 2. The first-order chi connectivity index (χ1) is 7.07. The lowest BCUT2D eigenvalue weighted by molar-refractivity contribution is -0.139. The number of hydrogen-bond donors (Lipinski definition) is 2. The molecule has 0 aliphatic rings. The third-order valence-corrected chi connectivity index (χ3v) is 2.49. The Morgan fingerprint density at radius 1 is 1.40 bits per heavy atom. The number of aryl methyl sites for hydroxylation is 2. The average molecular weight is 207 g/mol. The molecule has 1 aromatic rings. The zero-order valence-electron chi connectivity index (χ0n) is 9.37. The molecular formula is C12H17NO2. The zero-order valence-corrected chi connectivity index (χ0v) is 9.37. The highest BCUT2D eigenvalue weighted by Gasteiger charge is 2.21. The van der Waals surface area contributed by atoms with Gasteiger partial charge in [0.15, 0.2) is 0 Å². The van der Waals surface area contributed by atoms with Crippen molar-refractivity contribution >= 4 is 5.97 Å². The quantitative estimate of drug-likeness (QED) is 0.794. The lowest BCUT2D eigenvalue weighted by atomic mass is 9.96. The van der Waals surface area contributed by atoms with Crippen LogP contribution >= 0.6 is 0 Å². The first-order valence-corrected chi connectivity index (χ1v) is 5.10. The van der Waals surface area contributed by atoms with Crippen LogP contribution in [0, 0.1) is 13.8 Å². The van der Waals surface area contributed by atoms with Crippen LogP contribution in [-0.4, -0.2) is 17.6 Å². The van der Waals surface area contributed by atoms with Crippen molar-refractivity contribution in [1.29, 1.82) is 0 Å². The van der Waals surface area contributed by atoms with E-state index in [1.807, 2.05) is 39.0 Å². The molecule has 3 nitrogen and oxygen atoms in total. The van der Waals surface area contributed by atoms with E-state index >= 15 is 0 Å². The number of nitrogens with one attached hydrogen (secondary N) is 1. The molecule has 0 spiro atoms. The van der Waals surface area contributed by atoms with Gasteiger partial charge in [-0.1, -0.05) is 25.1 Å². The number of carboxylic acids is 1. The van der Waals surface area contributed by atoms with Crippen LogP contribution < -0.4 is 5.32 Å². The van der Waals surface area contributed by atoms with Gasteiger partial charge in [-0.15, -0.1) is 0 Å². The molecule has 3 heteroatoms. The van der Waals surface area contributed by atoms with E-state index in [0.29, 0.717) is 6.54 Å². The van der Waals surface area contributed by atoms with Crippen molar-refractivity contribution in [3.8, 4) is 0 Å². The van der Waals surface area contributed by atoms with Gasteiger partial charge < -0.3 is 10.4 Å². The summed E-state index contributed by atoms with van der Waals surface area (Å²) in [5, 5.41) is 12.1. The van der Waals surface area contributed by atoms with Crippen LogP contribution in [0.3, 0.4) is 0 Å². The minimum absolute atomic E-state index is 0.601. The van der Waals surface area contributed by atoms with Crippen molar-refractivity contribution < 1.29 is 9.90 Å². The van der Waals surface area contributed by atoms with E-state index in [1.54, 1.807) is 0 Å². The lowest BCUT2D eigenvalue weighted by Gasteiger charge is -2.18. The maximum absolute atomic E-state index is 11.1. The SMILES string of the molecule is CCNC(C(=O)O)c1c(C)cccc1C. The Balaban J connectivity index is 3.15. The average Bonchev–Trinajstić information content (AvgIpc) is 2.15. The largest absolute Gasteiger partial charge is 0.480 e. The van der Waals surface area contributed by atoms with Crippen molar-refractivity contribution in [3.63, 3.8) is 0 Å². The molecule has 0 heterocycles. The highest BCUT2D eigenvalue weighted by molar-refractivity contribution is 5.76. The van der Waals surface area contributed by atoms with E-state index in [1.165, 1.54) is 0 Å². The van der Waals surface area contributed by atoms with E-state index in [9.17, 15) is 4.79 Å². The molecule has 0 aromatic heterocycles. The minimum Gasteiger partial charge on any atom is -0.480 e. The van der Waals surface area contributed by atoms with Crippen molar-refractivity contribution in [2.24, 2.45) is 0 Å². The first-order valence-electron chi connectivity index (χ1n) is 5.10. The van der Waals surface area contributed by atoms with Crippen LogP contribution in [0.15, 0.2) is 18.2 Å². The summed E-state index contributed by atoms with van der Waals surface area (Å²) in [6.07, 6.45) is 0. The maximum atomic E-state index is 11.1. The van der Waals surface area contributed by atoms with E-state index in [-0.39, 0.29) is 0 Å². The maximum Gasteiger partial charge on any atom is 0.325 e. The fraction of sp³-hybridized carbons (Fsp3) is 0.417. The van der Waals surface area contributed by atoms with Crippen LogP contribution in [0.4, 0.5) is 0 Å². The predicted octanol–water partition coefficient (Wildman–Crippen LogP) is 2.04. The van der Waals surface area contributed by atoms with Gasteiger partial charge in [-0.05, 0) is 37.1 Å². The number of carboxylic acid groups (broad SMARTS) is 1. The van der Waals surface area contributed by atoms with E-state index in [2.05, 4.69) is 5.32 Å². The highest BCUT2D eigenvalue weighted by atomic mass is 16.4. The minimum atomic E-state index is -0.825. The fourth-order valence-electron chi connectivity index (χ4n) is 1.80. The van der Waals surface area contributed by atoms with Crippen molar-refractivity contribution in [3.05, 3.63) is 34.9 Å². The molecule has 0 fully saturated rings. The number of aliphatic carboxylic acids is 1. The molecule has 0 bridgehead atoms. The molecule has 82 valence electrons. The van der Waals surface area contributed by atoms with Crippen molar-refractivity contribution in [2.75, 3.05) is 6.54 Å². The van der Waals surface area contributed by atoms with Gasteiger partial charge in [-0.3, -0.25) is 4.79 Å². The van der Waals surface area contributed by atoms with Gasteiger partial charge >= 0.3 is 5.97 Å². The topological polar surface area (TPSA) is 49.3 Å². The van der Waals surface area contributed by atoms with Crippen LogP contribution in [-0.2, 0) is 4.79 Å². The second-order valence-corrected chi connectivity index (χ2v) is 3.63. The Bertz CT molecular complexity index is 340. The van der Waals surface area contributed by atoms with E-state index in [4.69, 9.17) is 5.11 Å².